The summed E-state index contributed by atoms with van der Waals surface area (Å²) in [6, 6.07) is 2.20. The number of nitrogens with zero attached hydrogens (tertiary/aromatic N) is 2. The zero-order chi connectivity index (χ0) is 10.8. The van der Waals surface area contributed by atoms with Crippen LogP contribution in [0.2, 0.25) is 0 Å². The number of hydrogen-bond donors (Lipinski definition) is 0. The molecule has 1 aromatic heterocycles. The van der Waals surface area contributed by atoms with Crippen molar-refractivity contribution in [3.8, 4) is 0 Å². The van der Waals surface area contributed by atoms with Gasteiger partial charge in [0.1, 0.15) is 0 Å². The van der Waals surface area contributed by atoms with E-state index in [1.807, 2.05) is 11.7 Å². The largest absolute Gasteiger partial charge is 0.272 e. The molecule has 1 rings (SSSR count). The molecule has 2 nitrogen and oxygen atoms in total. The first kappa shape index (κ1) is 11.3. The minimum Gasteiger partial charge on any atom is -0.272 e. The Labute approximate surface area is 87.3 Å². The summed E-state index contributed by atoms with van der Waals surface area (Å²) in [5.41, 5.74) is 2.91. The molecule has 0 atom stereocenters. The molecular weight excluding hydrogens is 172 g/mol. The van der Waals surface area contributed by atoms with Crippen molar-refractivity contribution >= 4 is 0 Å². The van der Waals surface area contributed by atoms with Crippen molar-refractivity contribution < 1.29 is 0 Å². The number of aromatic nitrogens is 2. The minimum absolute atomic E-state index is 0.431. The zero-order valence-electron chi connectivity index (χ0n) is 10.1. The lowest BCUT2D eigenvalue weighted by Gasteiger charge is -2.26. The standard InChI is InChI=1S/C12H22N2/c1-6-12(4,7-2)9-11-8-10(3)13-14(11)5/h8H,6-7,9H2,1-5H3. The molecule has 0 saturated carbocycles. The Bertz CT molecular complexity index is 295. The number of hydrogen-bond acceptors (Lipinski definition) is 1. The zero-order valence-corrected chi connectivity index (χ0v) is 10.1. The van der Waals surface area contributed by atoms with Gasteiger partial charge in [0.25, 0.3) is 0 Å². The van der Waals surface area contributed by atoms with Crippen LogP contribution < -0.4 is 0 Å². The van der Waals surface area contributed by atoms with E-state index in [4.69, 9.17) is 0 Å². The van der Waals surface area contributed by atoms with Crippen LogP contribution in [0.4, 0.5) is 0 Å². The van der Waals surface area contributed by atoms with Gasteiger partial charge in [0.2, 0.25) is 0 Å². The first-order valence-corrected chi connectivity index (χ1v) is 5.50. The normalized spacial score (nSPS) is 12.1. The summed E-state index contributed by atoms with van der Waals surface area (Å²) in [7, 11) is 2.04. The van der Waals surface area contributed by atoms with Gasteiger partial charge in [0.05, 0.1) is 5.69 Å². The van der Waals surface area contributed by atoms with Crippen LogP contribution in [0.3, 0.4) is 0 Å². The smallest absolute Gasteiger partial charge is 0.0596 e. The molecule has 0 bridgehead atoms. The molecule has 0 amide bonds. The average Bonchev–Trinajstić information content (AvgIpc) is 2.45. The summed E-state index contributed by atoms with van der Waals surface area (Å²) in [6.07, 6.45) is 3.60. The predicted molar refractivity (Wildman–Crippen MR) is 60.3 cm³/mol. The van der Waals surface area contributed by atoms with Gasteiger partial charge >= 0.3 is 0 Å². The lowest BCUT2D eigenvalue weighted by molar-refractivity contribution is 0.289. The van der Waals surface area contributed by atoms with E-state index in [0.717, 1.165) is 12.1 Å². The first-order chi connectivity index (χ1) is 6.50. The molecule has 0 radical (unpaired) electrons. The third kappa shape index (κ3) is 2.37. The fraction of sp³-hybridized carbons (Fsp3) is 0.750. The molecule has 0 spiro atoms. The Balaban J connectivity index is 2.81. The molecule has 0 unspecified atom stereocenters. The molecule has 1 aromatic rings. The van der Waals surface area contributed by atoms with Gasteiger partial charge in [-0.15, -0.1) is 0 Å². The second-order valence-corrected chi connectivity index (χ2v) is 4.60. The molecule has 1 heterocycles. The molecule has 14 heavy (non-hydrogen) atoms. The highest BCUT2D eigenvalue weighted by molar-refractivity contribution is 5.10. The Hall–Kier alpha value is -0.790. The highest BCUT2D eigenvalue weighted by Gasteiger charge is 2.21. The minimum atomic E-state index is 0.431. The molecule has 0 fully saturated rings. The maximum absolute atomic E-state index is 4.38. The van der Waals surface area contributed by atoms with Gasteiger partial charge < -0.3 is 0 Å². The highest BCUT2D eigenvalue weighted by atomic mass is 15.3. The molecule has 80 valence electrons. The summed E-state index contributed by atoms with van der Waals surface area (Å²) in [4.78, 5) is 0. The van der Waals surface area contributed by atoms with E-state index < -0.39 is 0 Å². The van der Waals surface area contributed by atoms with E-state index in [0.29, 0.717) is 5.41 Å². The van der Waals surface area contributed by atoms with Crippen LogP contribution in [0.5, 0.6) is 0 Å². The highest BCUT2D eigenvalue weighted by Crippen LogP contribution is 2.29. The lowest BCUT2D eigenvalue weighted by atomic mass is 9.80. The van der Waals surface area contributed by atoms with Gasteiger partial charge in [-0.05, 0) is 24.8 Å². The predicted octanol–water partition coefficient (Wildman–Crippen LogP) is 3.10. The van der Waals surface area contributed by atoms with E-state index >= 15 is 0 Å². The quantitative estimate of drug-likeness (QED) is 0.720. The van der Waals surface area contributed by atoms with Crippen molar-refractivity contribution in [3.05, 3.63) is 17.5 Å². The van der Waals surface area contributed by atoms with Crippen molar-refractivity contribution in [3.63, 3.8) is 0 Å². The summed E-state index contributed by atoms with van der Waals surface area (Å²) >= 11 is 0. The van der Waals surface area contributed by atoms with Crippen LogP contribution in [-0.4, -0.2) is 9.78 Å². The molecule has 0 aromatic carbocycles. The summed E-state index contributed by atoms with van der Waals surface area (Å²) < 4.78 is 2.01. The van der Waals surface area contributed by atoms with Gasteiger partial charge in [0, 0.05) is 12.7 Å². The molecular formula is C12H22N2. The van der Waals surface area contributed by atoms with E-state index in [-0.39, 0.29) is 0 Å². The fourth-order valence-corrected chi connectivity index (χ4v) is 1.77. The molecule has 0 aliphatic heterocycles. The molecule has 0 saturated heterocycles. The van der Waals surface area contributed by atoms with Crippen molar-refractivity contribution in [1.82, 2.24) is 9.78 Å². The van der Waals surface area contributed by atoms with Crippen molar-refractivity contribution in [2.45, 2.75) is 47.0 Å². The van der Waals surface area contributed by atoms with Crippen molar-refractivity contribution in [2.24, 2.45) is 12.5 Å². The second-order valence-electron chi connectivity index (χ2n) is 4.60. The number of rotatable bonds is 4. The number of aryl methyl sites for hydroxylation is 2. The third-order valence-electron chi connectivity index (χ3n) is 3.41. The van der Waals surface area contributed by atoms with Crippen LogP contribution >= 0.6 is 0 Å². The summed E-state index contributed by atoms with van der Waals surface area (Å²) in [6.45, 7) is 8.95. The third-order valence-corrected chi connectivity index (χ3v) is 3.41. The van der Waals surface area contributed by atoms with Crippen LogP contribution in [0.15, 0.2) is 6.07 Å². The van der Waals surface area contributed by atoms with Crippen LogP contribution in [0, 0.1) is 12.3 Å². The van der Waals surface area contributed by atoms with Crippen LogP contribution in [0.25, 0.3) is 0 Å². The van der Waals surface area contributed by atoms with Gasteiger partial charge in [0.15, 0.2) is 0 Å². The van der Waals surface area contributed by atoms with Gasteiger partial charge in [-0.1, -0.05) is 33.6 Å². The first-order valence-electron chi connectivity index (χ1n) is 5.50. The van der Waals surface area contributed by atoms with E-state index in [2.05, 4.69) is 38.9 Å². The van der Waals surface area contributed by atoms with Gasteiger partial charge in [-0.2, -0.15) is 5.10 Å². The van der Waals surface area contributed by atoms with Crippen LogP contribution in [-0.2, 0) is 13.5 Å². The monoisotopic (exact) mass is 194 g/mol. The lowest BCUT2D eigenvalue weighted by Crippen LogP contribution is -2.19. The fourth-order valence-electron chi connectivity index (χ4n) is 1.77. The molecule has 0 aliphatic carbocycles. The van der Waals surface area contributed by atoms with Crippen molar-refractivity contribution in [2.75, 3.05) is 0 Å². The van der Waals surface area contributed by atoms with Gasteiger partial charge in [-0.25, -0.2) is 0 Å². The molecule has 0 N–H and O–H groups in total. The maximum atomic E-state index is 4.38. The molecule has 0 aliphatic rings. The van der Waals surface area contributed by atoms with Crippen molar-refractivity contribution in [1.29, 1.82) is 0 Å². The molecule has 2 heteroatoms. The topological polar surface area (TPSA) is 17.8 Å². The SMILES string of the molecule is CCC(C)(CC)Cc1cc(C)nn1C. The maximum Gasteiger partial charge on any atom is 0.0596 e. The summed E-state index contributed by atoms with van der Waals surface area (Å²) in [5, 5.41) is 4.38. The summed E-state index contributed by atoms with van der Waals surface area (Å²) in [5.74, 6) is 0. The second kappa shape index (κ2) is 4.16. The Kier molecular flexibility index (Phi) is 3.35. The van der Waals surface area contributed by atoms with Gasteiger partial charge in [-0.3, -0.25) is 4.68 Å². The van der Waals surface area contributed by atoms with E-state index in [1.54, 1.807) is 0 Å². The Morgan fingerprint density at radius 3 is 2.29 bits per heavy atom. The Morgan fingerprint density at radius 2 is 1.93 bits per heavy atom. The Morgan fingerprint density at radius 1 is 1.36 bits per heavy atom. The average molecular weight is 194 g/mol. The van der Waals surface area contributed by atoms with E-state index in [9.17, 15) is 0 Å². The van der Waals surface area contributed by atoms with E-state index in [1.165, 1.54) is 18.5 Å². The van der Waals surface area contributed by atoms with Crippen LogP contribution in [0.1, 0.15) is 45.0 Å².